The van der Waals surface area contributed by atoms with Crippen LogP contribution in [0.15, 0.2) is 48.5 Å². The molecule has 0 aromatic heterocycles. The summed E-state index contributed by atoms with van der Waals surface area (Å²) in [5.41, 5.74) is 0.296. The van der Waals surface area contributed by atoms with Crippen molar-refractivity contribution in [2.45, 2.75) is 5.92 Å². The first kappa shape index (κ1) is 14.6. The number of hydrogen-bond donors (Lipinski definition) is 0. The molecule has 0 aliphatic rings. The van der Waals surface area contributed by atoms with Crippen LogP contribution in [-0.4, -0.2) is 18.0 Å². The van der Waals surface area contributed by atoms with Crippen LogP contribution in [0.5, 0.6) is 0 Å². The summed E-state index contributed by atoms with van der Waals surface area (Å²) >= 11 is 0. The first-order valence-corrected chi connectivity index (χ1v) is 6.11. The molecule has 0 heterocycles. The summed E-state index contributed by atoms with van der Waals surface area (Å²) in [6.45, 7) is 0. The van der Waals surface area contributed by atoms with E-state index in [1.165, 1.54) is 13.2 Å². The molecule has 5 nitrogen and oxygen atoms in total. The van der Waals surface area contributed by atoms with E-state index in [1.807, 2.05) is 0 Å². The predicted molar refractivity (Wildman–Crippen MR) is 73.4 cm³/mol. The van der Waals surface area contributed by atoms with Gasteiger partial charge in [-0.15, -0.1) is 0 Å². The highest BCUT2D eigenvalue weighted by molar-refractivity contribution is 5.82. The van der Waals surface area contributed by atoms with Crippen LogP contribution in [0.4, 0.5) is 10.1 Å². The molecular formula is C15H12FNO4. The lowest BCUT2D eigenvalue weighted by molar-refractivity contribution is -0.387. The molecule has 2 aromatic rings. The van der Waals surface area contributed by atoms with Crippen molar-refractivity contribution in [1.82, 2.24) is 0 Å². The normalized spacial score (nSPS) is 11.7. The van der Waals surface area contributed by atoms with E-state index in [-0.39, 0.29) is 0 Å². The lowest BCUT2D eigenvalue weighted by Gasteiger charge is -2.15. The lowest BCUT2D eigenvalue weighted by Crippen LogP contribution is -2.16. The van der Waals surface area contributed by atoms with Crippen LogP contribution in [0.3, 0.4) is 0 Å². The Morgan fingerprint density at radius 2 is 1.86 bits per heavy atom. The molecular weight excluding hydrogens is 277 g/mol. The van der Waals surface area contributed by atoms with Crippen LogP contribution in [0, 0.1) is 15.9 Å². The first-order chi connectivity index (χ1) is 10.0. The SMILES string of the molecule is COC(=O)C(c1ccccc1)c1ccc([N+](=O)[O-])c(F)c1. The van der Waals surface area contributed by atoms with Crippen molar-refractivity contribution in [1.29, 1.82) is 0 Å². The molecule has 0 fully saturated rings. The van der Waals surface area contributed by atoms with Gasteiger partial charge in [-0.1, -0.05) is 36.4 Å². The quantitative estimate of drug-likeness (QED) is 0.493. The van der Waals surface area contributed by atoms with Gasteiger partial charge in [0.25, 0.3) is 0 Å². The average Bonchev–Trinajstić information content (AvgIpc) is 2.48. The number of halogens is 1. The molecule has 0 saturated carbocycles. The fourth-order valence-corrected chi connectivity index (χ4v) is 2.08. The van der Waals surface area contributed by atoms with E-state index in [0.29, 0.717) is 11.1 Å². The maximum atomic E-state index is 13.8. The van der Waals surface area contributed by atoms with Crippen LogP contribution in [0.1, 0.15) is 17.0 Å². The molecule has 1 unspecified atom stereocenters. The number of carbonyl (C=O) groups excluding carboxylic acids is 1. The van der Waals surface area contributed by atoms with Crippen LogP contribution >= 0.6 is 0 Å². The number of nitrogens with zero attached hydrogens (tertiary/aromatic N) is 1. The van der Waals surface area contributed by atoms with E-state index >= 15 is 0 Å². The molecule has 0 radical (unpaired) electrons. The maximum Gasteiger partial charge on any atom is 0.317 e. The van der Waals surface area contributed by atoms with Crippen molar-refractivity contribution in [2.24, 2.45) is 0 Å². The molecule has 0 spiro atoms. The summed E-state index contributed by atoms with van der Waals surface area (Å²) in [4.78, 5) is 21.8. The summed E-state index contributed by atoms with van der Waals surface area (Å²) in [6, 6.07) is 12.1. The smallest absolute Gasteiger partial charge is 0.317 e. The number of hydrogen-bond acceptors (Lipinski definition) is 4. The van der Waals surface area contributed by atoms with Gasteiger partial charge in [0.05, 0.1) is 12.0 Å². The van der Waals surface area contributed by atoms with E-state index in [9.17, 15) is 19.3 Å². The van der Waals surface area contributed by atoms with Crippen molar-refractivity contribution < 1.29 is 18.8 Å². The highest BCUT2D eigenvalue weighted by Gasteiger charge is 2.26. The summed E-state index contributed by atoms with van der Waals surface area (Å²) in [7, 11) is 1.24. The van der Waals surface area contributed by atoms with Gasteiger partial charge in [-0.05, 0) is 17.2 Å². The molecule has 2 rings (SSSR count). The Bertz CT molecular complexity index is 673. The monoisotopic (exact) mass is 289 g/mol. The molecule has 0 N–H and O–H groups in total. The van der Waals surface area contributed by atoms with Crippen molar-refractivity contribution in [3.8, 4) is 0 Å². The van der Waals surface area contributed by atoms with Crippen LogP contribution in [0.2, 0.25) is 0 Å². The molecule has 108 valence electrons. The third kappa shape index (κ3) is 3.05. The second kappa shape index (κ2) is 6.13. The minimum Gasteiger partial charge on any atom is -0.468 e. The van der Waals surface area contributed by atoms with Gasteiger partial charge in [-0.25, -0.2) is 0 Å². The molecule has 1 atom stereocenters. The minimum atomic E-state index is -0.984. The fraction of sp³-hybridized carbons (Fsp3) is 0.133. The molecule has 0 bridgehead atoms. The maximum absolute atomic E-state index is 13.8. The first-order valence-electron chi connectivity index (χ1n) is 6.11. The Balaban J connectivity index is 2.50. The van der Waals surface area contributed by atoms with Crippen molar-refractivity contribution in [3.05, 3.63) is 75.6 Å². The fourth-order valence-electron chi connectivity index (χ4n) is 2.08. The van der Waals surface area contributed by atoms with Crippen LogP contribution in [0.25, 0.3) is 0 Å². The van der Waals surface area contributed by atoms with Gasteiger partial charge in [-0.2, -0.15) is 4.39 Å². The molecule has 2 aromatic carbocycles. The van der Waals surface area contributed by atoms with Crippen molar-refractivity contribution in [3.63, 3.8) is 0 Å². The topological polar surface area (TPSA) is 69.4 Å². The number of nitro groups is 1. The van der Waals surface area contributed by atoms with Crippen molar-refractivity contribution in [2.75, 3.05) is 7.11 Å². The third-order valence-electron chi connectivity index (χ3n) is 3.07. The Labute approximate surface area is 120 Å². The van der Waals surface area contributed by atoms with E-state index < -0.39 is 28.3 Å². The zero-order valence-corrected chi connectivity index (χ0v) is 11.2. The van der Waals surface area contributed by atoms with Crippen LogP contribution < -0.4 is 0 Å². The van der Waals surface area contributed by atoms with E-state index in [1.54, 1.807) is 30.3 Å². The number of nitro benzene ring substituents is 1. The van der Waals surface area contributed by atoms with Gasteiger partial charge in [0.2, 0.25) is 5.82 Å². The Morgan fingerprint density at radius 3 is 2.38 bits per heavy atom. The molecule has 0 aliphatic heterocycles. The molecule has 6 heteroatoms. The summed E-state index contributed by atoms with van der Waals surface area (Å²) in [6.07, 6.45) is 0. The van der Waals surface area contributed by atoms with E-state index in [2.05, 4.69) is 0 Å². The number of carbonyl (C=O) groups is 1. The molecule has 0 saturated heterocycles. The highest BCUT2D eigenvalue weighted by atomic mass is 19.1. The van der Waals surface area contributed by atoms with E-state index in [0.717, 1.165) is 12.1 Å². The van der Waals surface area contributed by atoms with E-state index in [4.69, 9.17) is 4.74 Å². The van der Waals surface area contributed by atoms with Gasteiger partial charge >= 0.3 is 11.7 Å². The lowest BCUT2D eigenvalue weighted by atomic mass is 9.91. The number of benzene rings is 2. The zero-order chi connectivity index (χ0) is 15.4. The Kier molecular flexibility index (Phi) is 4.27. The number of methoxy groups -OCH3 is 1. The summed E-state index contributed by atoms with van der Waals surface area (Å²) in [5, 5.41) is 10.6. The molecule has 0 amide bonds. The Morgan fingerprint density at radius 1 is 1.19 bits per heavy atom. The Hall–Kier alpha value is -2.76. The summed E-state index contributed by atoms with van der Waals surface area (Å²) < 4.78 is 18.5. The number of rotatable bonds is 4. The third-order valence-corrected chi connectivity index (χ3v) is 3.07. The molecule has 21 heavy (non-hydrogen) atoms. The van der Waals surface area contributed by atoms with Crippen LogP contribution in [-0.2, 0) is 9.53 Å². The molecule has 0 aliphatic carbocycles. The number of ether oxygens (including phenoxy) is 1. The van der Waals surface area contributed by atoms with Gasteiger partial charge in [0.1, 0.15) is 5.92 Å². The van der Waals surface area contributed by atoms with Gasteiger partial charge in [0.15, 0.2) is 0 Å². The van der Waals surface area contributed by atoms with Gasteiger partial charge in [0, 0.05) is 6.07 Å². The summed E-state index contributed by atoms with van der Waals surface area (Å²) in [5.74, 6) is -2.37. The van der Waals surface area contributed by atoms with Gasteiger partial charge in [-0.3, -0.25) is 14.9 Å². The largest absolute Gasteiger partial charge is 0.468 e. The second-order valence-electron chi connectivity index (χ2n) is 4.33. The minimum absolute atomic E-state index is 0.302. The highest BCUT2D eigenvalue weighted by Crippen LogP contribution is 2.29. The zero-order valence-electron chi connectivity index (χ0n) is 11.2. The van der Waals surface area contributed by atoms with Crippen molar-refractivity contribution >= 4 is 11.7 Å². The second-order valence-corrected chi connectivity index (χ2v) is 4.33. The number of esters is 1. The predicted octanol–water partition coefficient (Wildman–Crippen LogP) is 3.04. The standard InChI is InChI=1S/C15H12FNO4/c1-21-15(18)14(10-5-3-2-4-6-10)11-7-8-13(17(19)20)12(16)9-11/h2-9,14H,1H3. The van der Waals surface area contributed by atoms with Gasteiger partial charge < -0.3 is 4.74 Å². The average molecular weight is 289 g/mol.